The van der Waals surface area contributed by atoms with Gasteiger partial charge in [-0.3, -0.25) is 4.98 Å². The number of carbonyl (C=O) groups is 1. The van der Waals surface area contributed by atoms with Gasteiger partial charge in [0.25, 0.3) is 0 Å². The number of aromatic nitrogens is 4. The van der Waals surface area contributed by atoms with Gasteiger partial charge < -0.3 is 4.74 Å². The lowest BCUT2D eigenvalue weighted by Crippen LogP contribution is -2.22. The number of carbonyl (C=O) groups excluding carboxylic acids is 1. The van der Waals surface area contributed by atoms with E-state index in [2.05, 4.69) is 15.3 Å². The molecule has 3 rings (SSSR count). The number of hydrogen-bond acceptors (Lipinski definition) is 5. The van der Waals surface area contributed by atoms with E-state index in [0.717, 1.165) is 16.8 Å². The second-order valence-electron chi connectivity index (χ2n) is 6.53. The number of benzene rings is 1. The van der Waals surface area contributed by atoms with Gasteiger partial charge >= 0.3 is 5.97 Å². The van der Waals surface area contributed by atoms with Gasteiger partial charge in [-0.05, 0) is 25.0 Å². The van der Waals surface area contributed by atoms with Crippen molar-refractivity contribution >= 4 is 5.97 Å². The summed E-state index contributed by atoms with van der Waals surface area (Å²) in [5, 5.41) is 8.60. The van der Waals surface area contributed by atoms with Crippen LogP contribution in [-0.4, -0.2) is 32.6 Å². The minimum atomic E-state index is -0.577. The quantitative estimate of drug-likeness (QED) is 0.633. The Balaban J connectivity index is 2.03. The van der Waals surface area contributed by atoms with Crippen LogP contribution in [0.2, 0.25) is 0 Å². The first-order valence-electron chi connectivity index (χ1n) is 8.65. The number of esters is 1. The van der Waals surface area contributed by atoms with Crippen LogP contribution in [0.3, 0.4) is 0 Å². The molecule has 1 unspecified atom stereocenters. The summed E-state index contributed by atoms with van der Waals surface area (Å²) < 4.78 is 7.02. The standard InChI is InChI=1S/C20H22N4O2/c1-14(2)13-26-20(25)15(3)24-19(17-7-5-4-6-8-17)18(22-23-24)16-9-11-21-12-10-16/h4-12,14-15H,13H2,1-3H3. The van der Waals surface area contributed by atoms with Crippen molar-refractivity contribution in [3.8, 4) is 22.5 Å². The molecule has 1 aromatic carbocycles. The van der Waals surface area contributed by atoms with Gasteiger partial charge in [-0.25, -0.2) is 9.48 Å². The maximum absolute atomic E-state index is 12.5. The Morgan fingerprint density at radius 3 is 2.38 bits per heavy atom. The molecule has 0 aliphatic carbocycles. The van der Waals surface area contributed by atoms with Gasteiger partial charge in [-0.2, -0.15) is 0 Å². The molecule has 0 radical (unpaired) electrons. The molecule has 0 fully saturated rings. The number of ether oxygens (including phenoxy) is 1. The topological polar surface area (TPSA) is 69.9 Å². The lowest BCUT2D eigenvalue weighted by molar-refractivity contribution is -0.148. The minimum Gasteiger partial charge on any atom is -0.464 e. The van der Waals surface area contributed by atoms with Crippen LogP contribution >= 0.6 is 0 Å². The van der Waals surface area contributed by atoms with Crippen LogP contribution in [0.4, 0.5) is 0 Å². The van der Waals surface area contributed by atoms with Gasteiger partial charge in [0.1, 0.15) is 11.7 Å². The van der Waals surface area contributed by atoms with E-state index in [0.29, 0.717) is 12.3 Å². The predicted octanol–water partition coefficient (Wildman–Crippen LogP) is 3.77. The van der Waals surface area contributed by atoms with Crippen molar-refractivity contribution in [2.45, 2.75) is 26.8 Å². The van der Waals surface area contributed by atoms with Gasteiger partial charge in [0.15, 0.2) is 0 Å². The van der Waals surface area contributed by atoms with Crippen LogP contribution in [0.15, 0.2) is 54.9 Å². The van der Waals surface area contributed by atoms with Crippen molar-refractivity contribution in [2.24, 2.45) is 5.92 Å². The SMILES string of the molecule is CC(C)COC(=O)C(C)n1nnc(-c2ccncc2)c1-c1ccccc1. The number of rotatable bonds is 6. The summed E-state index contributed by atoms with van der Waals surface area (Å²) in [6.07, 6.45) is 3.42. The van der Waals surface area contributed by atoms with Gasteiger partial charge in [-0.15, -0.1) is 5.10 Å². The molecule has 0 aliphatic heterocycles. The first-order valence-corrected chi connectivity index (χ1v) is 8.65. The van der Waals surface area contributed by atoms with E-state index in [1.54, 1.807) is 24.0 Å². The summed E-state index contributed by atoms with van der Waals surface area (Å²) in [6, 6.07) is 13.0. The fraction of sp³-hybridized carbons (Fsp3) is 0.300. The minimum absolute atomic E-state index is 0.280. The molecule has 6 nitrogen and oxygen atoms in total. The maximum atomic E-state index is 12.5. The number of hydrogen-bond donors (Lipinski definition) is 0. The van der Waals surface area contributed by atoms with Crippen LogP contribution in [0.5, 0.6) is 0 Å². The van der Waals surface area contributed by atoms with Crippen molar-refractivity contribution in [3.63, 3.8) is 0 Å². The summed E-state index contributed by atoms with van der Waals surface area (Å²) >= 11 is 0. The zero-order chi connectivity index (χ0) is 18.5. The summed E-state index contributed by atoms with van der Waals surface area (Å²) in [5.41, 5.74) is 3.33. The molecule has 0 aliphatic rings. The Bertz CT molecular complexity index is 860. The lowest BCUT2D eigenvalue weighted by Gasteiger charge is -2.16. The van der Waals surface area contributed by atoms with Crippen LogP contribution < -0.4 is 0 Å². The molecule has 134 valence electrons. The van der Waals surface area contributed by atoms with Gasteiger partial charge in [0.05, 0.1) is 12.3 Å². The Labute approximate surface area is 152 Å². The van der Waals surface area contributed by atoms with E-state index in [-0.39, 0.29) is 11.9 Å². The highest BCUT2D eigenvalue weighted by atomic mass is 16.5. The molecule has 3 aromatic rings. The first-order chi connectivity index (χ1) is 12.6. The monoisotopic (exact) mass is 350 g/mol. The fourth-order valence-electron chi connectivity index (χ4n) is 2.60. The molecule has 1 atom stereocenters. The van der Waals surface area contributed by atoms with Crippen molar-refractivity contribution in [3.05, 3.63) is 54.9 Å². The van der Waals surface area contributed by atoms with Gasteiger partial charge in [0.2, 0.25) is 0 Å². The molecule has 0 N–H and O–H groups in total. The Morgan fingerprint density at radius 1 is 1.04 bits per heavy atom. The Hall–Kier alpha value is -3.02. The zero-order valence-corrected chi connectivity index (χ0v) is 15.2. The van der Waals surface area contributed by atoms with Crippen LogP contribution in [0.25, 0.3) is 22.5 Å². The molecule has 2 aromatic heterocycles. The molecule has 6 heteroatoms. The smallest absolute Gasteiger partial charge is 0.330 e. The van der Waals surface area contributed by atoms with E-state index >= 15 is 0 Å². The molecule has 0 amide bonds. The predicted molar refractivity (Wildman–Crippen MR) is 99.2 cm³/mol. The molecule has 0 saturated carbocycles. The second kappa shape index (κ2) is 7.91. The normalized spacial score (nSPS) is 12.2. The molecule has 2 heterocycles. The molecule has 0 bridgehead atoms. The van der Waals surface area contributed by atoms with Crippen molar-refractivity contribution < 1.29 is 9.53 Å². The summed E-state index contributed by atoms with van der Waals surface area (Å²) in [7, 11) is 0. The first kappa shape index (κ1) is 17.8. The third-order valence-corrected chi connectivity index (χ3v) is 3.96. The number of pyridine rings is 1. The molecule has 0 spiro atoms. The molecule has 26 heavy (non-hydrogen) atoms. The number of nitrogens with zero attached hydrogens (tertiary/aromatic N) is 4. The highest BCUT2D eigenvalue weighted by Crippen LogP contribution is 2.31. The molecule has 0 saturated heterocycles. The third kappa shape index (κ3) is 3.79. The van der Waals surface area contributed by atoms with E-state index in [9.17, 15) is 4.79 Å². The van der Waals surface area contributed by atoms with E-state index in [1.165, 1.54) is 0 Å². The fourth-order valence-corrected chi connectivity index (χ4v) is 2.60. The van der Waals surface area contributed by atoms with Gasteiger partial charge in [0, 0.05) is 23.5 Å². The summed E-state index contributed by atoms with van der Waals surface area (Å²) in [5.74, 6) is -0.0371. The largest absolute Gasteiger partial charge is 0.464 e. The van der Waals surface area contributed by atoms with E-state index in [4.69, 9.17) is 4.74 Å². The average molecular weight is 350 g/mol. The van der Waals surface area contributed by atoms with E-state index < -0.39 is 6.04 Å². The average Bonchev–Trinajstić information content (AvgIpc) is 3.12. The van der Waals surface area contributed by atoms with Crippen molar-refractivity contribution in [1.29, 1.82) is 0 Å². The van der Waals surface area contributed by atoms with Crippen LogP contribution in [-0.2, 0) is 9.53 Å². The highest BCUT2D eigenvalue weighted by molar-refractivity contribution is 5.80. The van der Waals surface area contributed by atoms with Crippen LogP contribution in [0, 0.1) is 5.92 Å². The maximum Gasteiger partial charge on any atom is 0.330 e. The van der Waals surface area contributed by atoms with Crippen molar-refractivity contribution in [1.82, 2.24) is 20.0 Å². The second-order valence-corrected chi connectivity index (χ2v) is 6.53. The zero-order valence-electron chi connectivity index (χ0n) is 15.2. The van der Waals surface area contributed by atoms with Gasteiger partial charge in [-0.1, -0.05) is 49.4 Å². The summed E-state index contributed by atoms with van der Waals surface area (Å²) in [6.45, 7) is 6.17. The molecular weight excluding hydrogens is 328 g/mol. The third-order valence-electron chi connectivity index (χ3n) is 3.96. The highest BCUT2D eigenvalue weighted by Gasteiger charge is 2.25. The van der Waals surface area contributed by atoms with E-state index in [1.807, 2.05) is 56.3 Å². The summed E-state index contributed by atoms with van der Waals surface area (Å²) in [4.78, 5) is 16.5. The Kier molecular flexibility index (Phi) is 5.41. The Morgan fingerprint density at radius 2 is 1.73 bits per heavy atom. The van der Waals surface area contributed by atoms with Crippen molar-refractivity contribution in [2.75, 3.05) is 6.61 Å². The lowest BCUT2D eigenvalue weighted by atomic mass is 10.1. The van der Waals surface area contributed by atoms with Crippen LogP contribution in [0.1, 0.15) is 26.8 Å². The molecular formula is C20H22N4O2.